The maximum absolute atomic E-state index is 12.8. The molecular formula is C21H27N5O2. The van der Waals surface area contributed by atoms with Crippen molar-refractivity contribution in [1.82, 2.24) is 19.8 Å². The van der Waals surface area contributed by atoms with E-state index in [0.717, 1.165) is 43.0 Å². The second-order valence-electron chi connectivity index (χ2n) is 7.67. The summed E-state index contributed by atoms with van der Waals surface area (Å²) in [6, 6.07) is 7.93. The zero-order chi connectivity index (χ0) is 19.5. The number of carbonyl (C=O) groups is 2. The van der Waals surface area contributed by atoms with E-state index >= 15 is 0 Å². The van der Waals surface area contributed by atoms with Gasteiger partial charge in [0, 0.05) is 43.9 Å². The summed E-state index contributed by atoms with van der Waals surface area (Å²) in [4.78, 5) is 30.4. The molecule has 1 atom stereocenters. The minimum Gasteiger partial charge on any atom is -0.336 e. The van der Waals surface area contributed by atoms with Gasteiger partial charge in [-0.3, -0.25) is 9.59 Å². The van der Waals surface area contributed by atoms with Crippen LogP contribution in [0.2, 0.25) is 0 Å². The van der Waals surface area contributed by atoms with Gasteiger partial charge in [0.2, 0.25) is 11.8 Å². The Hall–Kier alpha value is -2.67. The first-order valence-corrected chi connectivity index (χ1v) is 10.00. The minimum absolute atomic E-state index is 0.101. The molecule has 2 aliphatic heterocycles. The summed E-state index contributed by atoms with van der Waals surface area (Å²) in [7, 11) is 0. The van der Waals surface area contributed by atoms with Crippen LogP contribution >= 0.6 is 0 Å². The van der Waals surface area contributed by atoms with Crippen LogP contribution in [-0.4, -0.2) is 45.9 Å². The smallest absolute Gasteiger partial charge is 0.227 e. The van der Waals surface area contributed by atoms with E-state index in [1.54, 1.807) is 0 Å². The monoisotopic (exact) mass is 381 g/mol. The van der Waals surface area contributed by atoms with E-state index in [0.29, 0.717) is 19.0 Å². The third-order valence-corrected chi connectivity index (χ3v) is 5.59. The summed E-state index contributed by atoms with van der Waals surface area (Å²) < 4.78 is 2.32. The number of benzene rings is 1. The Morgan fingerprint density at radius 2 is 2.11 bits per heavy atom. The Kier molecular flexibility index (Phi) is 5.43. The summed E-state index contributed by atoms with van der Waals surface area (Å²) >= 11 is 0. The number of piperidine rings is 1. The van der Waals surface area contributed by atoms with Crippen LogP contribution in [0.15, 0.2) is 30.6 Å². The number of carbonyl (C=O) groups excluding carboxylic acids is 2. The maximum Gasteiger partial charge on any atom is 0.227 e. The van der Waals surface area contributed by atoms with E-state index in [-0.39, 0.29) is 11.8 Å². The summed E-state index contributed by atoms with van der Waals surface area (Å²) in [5.41, 5.74) is 4.02. The van der Waals surface area contributed by atoms with Gasteiger partial charge in [0.05, 0.1) is 25.0 Å². The zero-order valence-electron chi connectivity index (χ0n) is 16.3. The van der Waals surface area contributed by atoms with Gasteiger partial charge < -0.3 is 20.1 Å². The van der Waals surface area contributed by atoms with Crippen LogP contribution in [0, 0.1) is 0 Å². The number of rotatable bonds is 4. The fourth-order valence-electron chi connectivity index (χ4n) is 4.13. The fourth-order valence-corrected chi connectivity index (χ4v) is 4.13. The first kappa shape index (κ1) is 18.7. The molecule has 1 aromatic carbocycles. The average molecular weight is 381 g/mol. The number of nitrogens with one attached hydrogen (secondary N) is 2. The molecule has 1 aromatic heterocycles. The summed E-state index contributed by atoms with van der Waals surface area (Å²) in [6.07, 6.45) is 5.56. The largest absolute Gasteiger partial charge is 0.336 e. The Balaban J connectivity index is 1.38. The first-order valence-electron chi connectivity index (χ1n) is 10.00. The van der Waals surface area contributed by atoms with E-state index in [4.69, 9.17) is 0 Å². The number of hydrogen-bond donors (Lipinski definition) is 2. The summed E-state index contributed by atoms with van der Waals surface area (Å²) in [5.74, 6) is 0.0169. The van der Waals surface area contributed by atoms with Crippen molar-refractivity contribution in [2.75, 3.05) is 25.0 Å². The van der Waals surface area contributed by atoms with E-state index < -0.39 is 0 Å². The highest BCUT2D eigenvalue weighted by molar-refractivity contribution is 5.88. The quantitative estimate of drug-likeness (QED) is 0.848. The van der Waals surface area contributed by atoms with Gasteiger partial charge in [0.15, 0.2) is 0 Å². The van der Waals surface area contributed by atoms with Crippen molar-refractivity contribution in [1.29, 1.82) is 0 Å². The molecule has 2 aliphatic rings. The van der Waals surface area contributed by atoms with Crippen LogP contribution in [0.3, 0.4) is 0 Å². The van der Waals surface area contributed by atoms with Crippen LogP contribution in [0.4, 0.5) is 5.69 Å². The summed E-state index contributed by atoms with van der Waals surface area (Å²) in [5, 5.41) is 6.20. The third kappa shape index (κ3) is 4.09. The van der Waals surface area contributed by atoms with Gasteiger partial charge in [-0.25, -0.2) is 4.98 Å². The first-order chi connectivity index (χ1) is 13.6. The molecule has 4 rings (SSSR count). The number of imidazole rings is 1. The Labute approximate surface area is 165 Å². The molecule has 7 heteroatoms. The Bertz CT molecular complexity index is 852. The van der Waals surface area contributed by atoms with Crippen molar-refractivity contribution in [2.45, 2.75) is 45.2 Å². The predicted molar refractivity (Wildman–Crippen MR) is 107 cm³/mol. The lowest BCUT2D eigenvalue weighted by atomic mass is 10.0. The molecular weight excluding hydrogens is 354 g/mol. The molecule has 1 fully saturated rings. The fraction of sp³-hybridized carbons (Fsp3) is 0.476. The van der Waals surface area contributed by atoms with E-state index in [1.807, 2.05) is 35.5 Å². The Morgan fingerprint density at radius 3 is 2.82 bits per heavy atom. The lowest BCUT2D eigenvalue weighted by Crippen LogP contribution is -2.38. The summed E-state index contributed by atoms with van der Waals surface area (Å²) in [6.45, 7) is 4.91. The van der Waals surface area contributed by atoms with Gasteiger partial charge in [-0.1, -0.05) is 12.1 Å². The average Bonchev–Trinajstić information content (AvgIpc) is 3.13. The topological polar surface area (TPSA) is 79.3 Å². The van der Waals surface area contributed by atoms with Gasteiger partial charge >= 0.3 is 0 Å². The molecule has 28 heavy (non-hydrogen) atoms. The third-order valence-electron chi connectivity index (χ3n) is 5.59. The standard InChI is InChI=1S/C21H27N5O2/c1-15(27)24-17-6-4-16(5-7-17)11-21(28)25-10-8-20-19(13-25)23-14-26(20)18-3-2-9-22-12-18/h4-7,14,18,22H,2-3,8-13H2,1H3,(H,24,27). The number of aromatic nitrogens is 2. The molecule has 0 bridgehead atoms. The van der Waals surface area contributed by atoms with Crippen molar-refractivity contribution in [3.8, 4) is 0 Å². The predicted octanol–water partition coefficient (Wildman–Crippen LogP) is 1.89. The number of nitrogens with zero attached hydrogens (tertiary/aromatic N) is 3. The number of amides is 2. The van der Waals surface area contributed by atoms with Gasteiger partial charge in [0.25, 0.3) is 0 Å². The highest BCUT2D eigenvalue weighted by Gasteiger charge is 2.27. The van der Waals surface area contributed by atoms with Crippen molar-refractivity contribution < 1.29 is 9.59 Å². The molecule has 3 heterocycles. The molecule has 2 aromatic rings. The van der Waals surface area contributed by atoms with Crippen LogP contribution in [0.25, 0.3) is 0 Å². The van der Waals surface area contributed by atoms with Gasteiger partial charge in [0.1, 0.15) is 0 Å². The van der Waals surface area contributed by atoms with Crippen molar-refractivity contribution in [2.24, 2.45) is 0 Å². The minimum atomic E-state index is -0.101. The van der Waals surface area contributed by atoms with Gasteiger partial charge in [-0.15, -0.1) is 0 Å². The van der Waals surface area contributed by atoms with Gasteiger partial charge in [-0.2, -0.15) is 0 Å². The maximum atomic E-state index is 12.8. The van der Waals surface area contributed by atoms with Crippen LogP contribution in [0.1, 0.15) is 42.8 Å². The van der Waals surface area contributed by atoms with Crippen molar-refractivity contribution in [3.05, 3.63) is 47.5 Å². The highest BCUT2D eigenvalue weighted by Crippen LogP contribution is 2.25. The van der Waals surface area contributed by atoms with Crippen molar-refractivity contribution in [3.63, 3.8) is 0 Å². The van der Waals surface area contributed by atoms with Gasteiger partial charge in [-0.05, 0) is 37.1 Å². The highest BCUT2D eigenvalue weighted by atomic mass is 16.2. The molecule has 0 spiro atoms. The van der Waals surface area contributed by atoms with Crippen molar-refractivity contribution >= 4 is 17.5 Å². The molecule has 0 aliphatic carbocycles. The number of anilines is 1. The number of hydrogen-bond acceptors (Lipinski definition) is 4. The van der Waals surface area contributed by atoms with E-state index in [9.17, 15) is 9.59 Å². The SMILES string of the molecule is CC(=O)Nc1ccc(CC(=O)N2CCc3c(ncn3C3CCCNC3)C2)cc1. The van der Waals surface area contributed by atoms with Crippen LogP contribution in [0.5, 0.6) is 0 Å². The molecule has 0 saturated carbocycles. The molecule has 148 valence electrons. The molecule has 1 saturated heterocycles. The van der Waals surface area contributed by atoms with Crippen LogP contribution < -0.4 is 10.6 Å². The number of fused-ring (bicyclic) bond motifs is 1. The van der Waals surface area contributed by atoms with Crippen LogP contribution in [-0.2, 0) is 29.0 Å². The van der Waals surface area contributed by atoms with E-state index in [2.05, 4.69) is 20.2 Å². The zero-order valence-corrected chi connectivity index (χ0v) is 16.3. The second kappa shape index (κ2) is 8.14. The lowest BCUT2D eigenvalue weighted by molar-refractivity contribution is -0.131. The Morgan fingerprint density at radius 1 is 1.29 bits per heavy atom. The lowest BCUT2D eigenvalue weighted by Gasteiger charge is -2.30. The molecule has 2 amide bonds. The molecule has 2 N–H and O–H groups in total. The second-order valence-corrected chi connectivity index (χ2v) is 7.67. The molecule has 7 nitrogen and oxygen atoms in total. The molecule has 1 unspecified atom stereocenters. The normalized spacial score (nSPS) is 19.2. The molecule has 0 radical (unpaired) electrons. The van der Waals surface area contributed by atoms with E-state index in [1.165, 1.54) is 25.5 Å².